The predicted molar refractivity (Wildman–Crippen MR) is 78.9 cm³/mol. The second kappa shape index (κ2) is 5.24. The standard InChI is InChI=1S/C15H16N4O/c1-20-15-6-4-11(5-7-15)12-2-3-13-9-17-19(18-16)10-14(13)8-12/h2-10,17-18H,16H2,1H3. The van der Waals surface area contributed by atoms with E-state index in [-0.39, 0.29) is 0 Å². The Balaban J connectivity index is 2.03. The van der Waals surface area contributed by atoms with Gasteiger partial charge in [0.15, 0.2) is 0 Å². The zero-order valence-corrected chi connectivity index (χ0v) is 11.1. The molecule has 20 heavy (non-hydrogen) atoms. The number of rotatable bonds is 3. The number of nitrogens with two attached hydrogens (primary N) is 1. The largest absolute Gasteiger partial charge is 0.497 e. The number of ether oxygens (including phenoxy) is 1. The lowest BCUT2D eigenvalue weighted by molar-refractivity contribution is 0.261. The maximum Gasteiger partial charge on any atom is 0.118 e. The molecule has 0 fully saturated rings. The predicted octanol–water partition coefficient (Wildman–Crippen LogP) is 0.0367. The van der Waals surface area contributed by atoms with Gasteiger partial charge in [-0.3, -0.25) is 11.3 Å². The van der Waals surface area contributed by atoms with Crippen molar-refractivity contribution in [3.63, 3.8) is 0 Å². The highest BCUT2D eigenvalue weighted by Gasteiger charge is 2.02. The summed E-state index contributed by atoms with van der Waals surface area (Å²) in [5.41, 5.74) is 7.83. The molecule has 0 atom stereocenters. The molecule has 0 unspecified atom stereocenters. The molecule has 2 aromatic rings. The molecular weight excluding hydrogens is 252 g/mol. The van der Waals surface area contributed by atoms with E-state index in [9.17, 15) is 0 Å². The van der Waals surface area contributed by atoms with Crippen LogP contribution < -0.4 is 32.0 Å². The maximum atomic E-state index is 5.39. The molecule has 0 aromatic heterocycles. The van der Waals surface area contributed by atoms with E-state index in [2.05, 4.69) is 29.2 Å². The summed E-state index contributed by atoms with van der Waals surface area (Å²) in [7, 11) is 1.67. The fourth-order valence-electron chi connectivity index (χ4n) is 2.17. The Bertz CT molecular complexity index is 725. The monoisotopic (exact) mass is 268 g/mol. The Labute approximate surface area is 116 Å². The molecule has 0 saturated carbocycles. The van der Waals surface area contributed by atoms with Crippen molar-refractivity contribution in [1.29, 1.82) is 0 Å². The summed E-state index contributed by atoms with van der Waals surface area (Å²) >= 11 is 0. The summed E-state index contributed by atoms with van der Waals surface area (Å²) in [5.74, 6) is 6.25. The molecule has 0 bridgehead atoms. The highest BCUT2D eigenvalue weighted by atomic mass is 16.5. The van der Waals surface area contributed by atoms with Crippen molar-refractivity contribution in [2.45, 2.75) is 0 Å². The number of methoxy groups -OCH3 is 1. The van der Waals surface area contributed by atoms with Gasteiger partial charge in [-0.15, -0.1) is 0 Å². The van der Waals surface area contributed by atoms with Crippen LogP contribution >= 0.6 is 0 Å². The van der Waals surface area contributed by atoms with Crippen LogP contribution in [0.3, 0.4) is 0 Å². The van der Waals surface area contributed by atoms with Gasteiger partial charge in [0.05, 0.1) is 7.11 Å². The van der Waals surface area contributed by atoms with Crippen molar-refractivity contribution in [2.24, 2.45) is 5.84 Å². The summed E-state index contributed by atoms with van der Waals surface area (Å²) < 4.78 is 5.18. The van der Waals surface area contributed by atoms with Crippen LogP contribution in [0.15, 0.2) is 42.5 Å². The van der Waals surface area contributed by atoms with E-state index in [0.29, 0.717) is 0 Å². The number of hydrazine groups is 3. The fourth-order valence-corrected chi connectivity index (χ4v) is 2.17. The van der Waals surface area contributed by atoms with Crippen LogP contribution in [-0.2, 0) is 0 Å². The molecule has 0 spiro atoms. The van der Waals surface area contributed by atoms with E-state index in [1.165, 1.54) is 0 Å². The number of fused-ring (bicyclic) bond motifs is 1. The van der Waals surface area contributed by atoms with Crippen LogP contribution in [0, 0.1) is 0 Å². The van der Waals surface area contributed by atoms with E-state index in [1.807, 2.05) is 36.7 Å². The van der Waals surface area contributed by atoms with Crippen molar-refractivity contribution in [2.75, 3.05) is 7.11 Å². The Morgan fingerprint density at radius 2 is 1.80 bits per heavy atom. The van der Waals surface area contributed by atoms with Crippen molar-refractivity contribution in [3.05, 3.63) is 52.9 Å². The summed E-state index contributed by atoms with van der Waals surface area (Å²) in [6.45, 7) is 0. The van der Waals surface area contributed by atoms with Crippen molar-refractivity contribution < 1.29 is 4.74 Å². The highest BCUT2D eigenvalue weighted by Crippen LogP contribution is 2.20. The van der Waals surface area contributed by atoms with Gasteiger partial charge in [0, 0.05) is 22.8 Å². The third-order valence-corrected chi connectivity index (χ3v) is 3.28. The Hall–Kier alpha value is -2.50. The third-order valence-electron chi connectivity index (χ3n) is 3.28. The minimum atomic E-state index is 0.856. The van der Waals surface area contributed by atoms with Crippen molar-refractivity contribution in [3.8, 4) is 16.9 Å². The Kier molecular flexibility index (Phi) is 3.28. The normalized spacial score (nSPS) is 12.8. The molecule has 1 heterocycles. The van der Waals surface area contributed by atoms with Gasteiger partial charge in [-0.25, -0.2) is 5.12 Å². The summed E-state index contributed by atoms with van der Waals surface area (Å²) in [4.78, 5) is 0. The van der Waals surface area contributed by atoms with Crippen molar-refractivity contribution in [1.82, 2.24) is 16.1 Å². The first kappa shape index (κ1) is 12.5. The molecule has 102 valence electrons. The second-order valence-electron chi connectivity index (χ2n) is 4.47. The minimum Gasteiger partial charge on any atom is -0.497 e. The van der Waals surface area contributed by atoms with Gasteiger partial charge in [0.2, 0.25) is 0 Å². The minimum absolute atomic E-state index is 0.856. The Morgan fingerprint density at radius 3 is 2.50 bits per heavy atom. The number of hydrogen-bond donors (Lipinski definition) is 3. The van der Waals surface area contributed by atoms with Gasteiger partial charge in [-0.05, 0) is 29.3 Å². The van der Waals surface area contributed by atoms with Gasteiger partial charge < -0.3 is 4.74 Å². The molecule has 2 aromatic carbocycles. The average molecular weight is 268 g/mol. The lowest BCUT2D eigenvalue weighted by Crippen LogP contribution is -2.51. The zero-order valence-electron chi connectivity index (χ0n) is 11.1. The number of nitrogens with one attached hydrogen (secondary N) is 2. The van der Waals surface area contributed by atoms with E-state index in [0.717, 1.165) is 27.3 Å². The molecule has 0 saturated heterocycles. The summed E-state index contributed by atoms with van der Waals surface area (Å²) in [6.07, 6.45) is 3.80. The third kappa shape index (κ3) is 2.32. The van der Waals surface area contributed by atoms with Gasteiger partial charge >= 0.3 is 0 Å². The molecule has 4 N–H and O–H groups in total. The zero-order chi connectivity index (χ0) is 13.9. The van der Waals surface area contributed by atoms with Crippen LogP contribution in [0.4, 0.5) is 0 Å². The molecule has 3 rings (SSSR count). The molecule has 0 radical (unpaired) electrons. The lowest BCUT2D eigenvalue weighted by atomic mass is 10.0. The van der Waals surface area contributed by atoms with E-state index < -0.39 is 0 Å². The smallest absolute Gasteiger partial charge is 0.118 e. The molecule has 0 aliphatic carbocycles. The summed E-state index contributed by atoms with van der Waals surface area (Å²) in [5, 5.41) is 3.81. The molecule has 1 aliphatic heterocycles. The number of nitrogens with zero attached hydrogens (tertiary/aromatic N) is 1. The molecule has 5 heteroatoms. The van der Waals surface area contributed by atoms with Crippen LogP contribution in [-0.4, -0.2) is 12.2 Å². The fraction of sp³-hybridized carbons (Fsp3) is 0.0667. The van der Waals surface area contributed by atoms with Gasteiger partial charge in [-0.1, -0.05) is 24.3 Å². The summed E-state index contributed by atoms with van der Waals surface area (Å²) in [6, 6.07) is 14.3. The van der Waals surface area contributed by atoms with Crippen LogP contribution in [0.1, 0.15) is 0 Å². The van der Waals surface area contributed by atoms with Crippen LogP contribution in [0.25, 0.3) is 23.5 Å². The van der Waals surface area contributed by atoms with E-state index >= 15 is 0 Å². The van der Waals surface area contributed by atoms with Gasteiger partial charge in [-0.2, -0.15) is 5.53 Å². The first-order chi connectivity index (χ1) is 9.80. The van der Waals surface area contributed by atoms with Crippen LogP contribution in [0.5, 0.6) is 5.75 Å². The number of hydrogen-bond acceptors (Lipinski definition) is 5. The second-order valence-corrected chi connectivity index (χ2v) is 4.47. The number of benzene rings is 2. The molecule has 1 aliphatic rings. The lowest BCUT2D eigenvalue weighted by Gasteiger charge is -2.20. The van der Waals surface area contributed by atoms with Crippen molar-refractivity contribution >= 4 is 12.4 Å². The SMILES string of the molecule is COc1ccc(-c2ccc3c(c2)=CN(NN)NC=3)cc1. The first-order valence-corrected chi connectivity index (χ1v) is 6.28. The Morgan fingerprint density at radius 1 is 1.05 bits per heavy atom. The topological polar surface area (TPSA) is 62.5 Å². The van der Waals surface area contributed by atoms with E-state index in [4.69, 9.17) is 10.6 Å². The van der Waals surface area contributed by atoms with Crippen LogP contribution in [0.2, 0.25) is 0 Å². The van der Waals surface area contributed by atoms with E-state index in [1.54, 1.807) is 12.2 Å². The average Bonchev–Trinajstić information content (AvgIpc) is 2.54. The quantitative estimate of drug-likeness (QED) is 0.542. The molecule has 5 nitrogen and oxygen atoms in total. The highest BCUT2D eigenvalue weighted by molar-refractivity contribution is 5.64. The van der Waals surface area contributed by atoms with Gasteiger partial charge in [0.1, 0.15) is 5.75 Å². The van der Waals surface area contributed by atoms with Gasteiger partial charge in [0.25, 0.3) is 0 Å². The molecular formula is C15H16N4O. The maximum absolute atomic E-state index is 5.39. The molecule has 0 amide bonds. The first-order valence-electron chi connectivity index (χ1n) is 6.28.